The van der Waals surface area contributed by atoms with E-state index >= 15 is 0 Å². The molecule has 0 saturated heterocycles. The van der Waals surface area contributed by atoms with Crippen molar-refractivity contribution in [2.24, 2.45) is 0 Å². The van der Waals surface area contributed by atoms with Crippen LogP contribution in [0.25, 0.3) is 0 Å². The quantitative estimate of drug-likeness (QED) is 0.763. The van der Waals surface area contributed by atoms with Gasteiger partial charge in [-0.1, -0.05) is 11.6 Å². The maximum absolute atomic E-state index is 10.3. The molecule has 0 atom stereocenters. The molecule has 0 aliphatic rings. The molecule has 0 aliphatic heterocycles. The van der Waals surface area contributed by atoms with E-state index < -0.39 is 5.97 Å². The Labute approximate surface area is 75.0 Å². The predicted molar refractivity (Wildman–Crippen MR) is 45.3 cm³/mol. The molecular weight excluding hydrogens is 178 g/mol. The van der Waals surface area contributed by atoms with Crippen LogP contribution in [-0.4, -0.2) is 16.1 Å². The summed E-state index contributed by atoms with van der Waals surface area (Å²) in [6.07, 6.45) is 1.48. The first kappa shape index (κ1) is 9.00. The molecule has 1 aromatic rings. The van der Waals surface area contributed by atoms with Gasteiger partial charge >= 0.3 is 5.97 Å². The molecule has 3 nitrogen and oxygen atoms in total. The summed E-state index contributed by atoms with van der Waals surface area (Å²) >= 11 is 5.75. The molecule has 1 aromatic heterocycles. The lowest BCUT2D eigenvalue weighted by Gasteiger charge is -1.99. The second-order valence-corrected chi connectivity index (χ2v) is 2.92. The number of hydrogen-bond acceptors (Lipinski definition) is 2. The molecule has 0 unspecified atom stereocenters. The monoisotopic (exact) mass is 185 g/mol. The minimum Gasteiger partial charge on any atom is -0.481 e. The average molecular weight is 186 g/mol. The Morgan fingerprint density at radius 1 is 1.75 bits per heavy atom. The number of carboxylic acids is 1. The summed E-state index contributed by atoms with van der Waals surface area (Å²) in [7, 11) is 0. The number of aromatic nitrogens is 1. The number of halogens is 1. The molecule has 0 bridgehead atoms. The van der Waals surface area contributed by atoms with Crippen LogP contribution in [0.5, 0.6) is 0 Å². The van der Waals surface area contributed by atoms with Crippen molar-refractivity contribution in [2.45, 2.75) is 13.3 Å². The highest BCUT2D eigenvalue weighted by Crippen LogP contribution is 2.14. The minimum atomic E-state index is -0.923. The highest BCUT2D eigenvalue weighted by molar-refractivity contribution is 6.31. The van der Waals surface area contributed by atoms with Crippen molar-refractivity contribution in [1.82, 2.24) is 4.98 Å². The van der Waals surface area contributed by atoms with Crippen molar-refractivity contribution >= 4 is 17.6 Å². The van der Waals surface area contributed by atoms with E-state index in [0.717, 1.165) is 5.56 Å². The van der Waals surface area contributed by atoms with Gasteiger partial charge in [-0.2, -0.15) is 0 Å². The van der Waals surface area contributed by atoms with Crippen molar-refractivity contribution in [1.29, 1.82) is 0 Å². The summed E-state index contributed by atoms with van der Waals surface area (Å²) in [5.74, 6) is -0.923. The van der Waals surface area contributed by atoms with Gasteiger partial charge in [0.2, 0.25) is 0 Å². The third-order valence-corrected chi connectivity index (χ3v) is 1.70. The van der Waals surface area contributed by atoms with Gasteiger partial charge in [0.15, 0.2) is 0 Å². The lowest BCUT2D eigenvalue weighted by atomic mass is 10.2. The van der Waals surface area contributed by atoms with E-state index in [-0.39, 0.29) is 6.42 Å². The molecule has 1 N–H and O–H groups in total. The fraction of sp³-hybridized carbons (Fsp3) is 0.250. The summed E-state index contributed by atoms with van der Waals surface area (Å²) in [6.45, 7) is 1.85. The molecule has 0 amide bonds. The number of carbonyl (C=O) groups is 1. The second kappa shape index (κ2) is 3.54. The third-order valence-electron chi connectivity index (χ3n) is 1.37. The highest BCUT2D eigenvalue weighted by atomic mass is 35.5. The van der Waals surface area contributed by atoms with Crippen LogP contribution in [0.2, 0.25) is 5.02 Å². The zero-order valence-electron chi connectivity index (χ0n) is 6.54. The zero-order valence-corrected chi connectivity index (χ0v) is 7.30. The molecule has 1 rings (SSSR count). The van der Waals surface area contributed by atoms with Gasteiger partial charge in [0, 0.05) is 6.20 Å². The first-order valence-corrected chi connectivity index (χ1v) is 3.80. The molecule has 64 valence electrons. The van der Waals surface area contributed by atoms with Gasteiger partial charge in [-0.15, -0.1) is 0 Å². The Bertz CT molecular complexity index is 312. The van der Waals surface area contributed by atoms with Crippen LogP contribution in [0.15, 0.2) is 12.3 Å². The fourth-order valence-corrected chi connectivity index (χ4v) is 1.12. The Morgan fingerprint density at radius 2 is 2.42 bits per heavy atom. The maximum Gasteiger partial charge on any atom is 0.309 e. The van der Waals surface area contributed by atoms with Gasteiger partial charge in [-0.3, -0.25) is 9.78 Å². The Balaban J connectivity index is 2.93. The number of nitrogens with zero attached hydrogens (tertiary/aromatic N) is 1. The highest BCUT2D eigenvalue weighted by Gasteiger charge is 2.06. The van der Waals surface area contributed by atoms with Crippen molar-refractivity contribution in [3.05, 3.63) is 28.5 Å². The molecule has 4 heteroatoms. The van der Waals surface area contributed by atoms with Crippen LogP contribution in [-0.2, 0) is 11.2 Å². The number of rotatable bonds is 2. The molecule has 0 saturated carbocycles. The fourth-order valence-electron chi connectivity index (χ4n) is 0.835. The van der Waals surface area contributed by atoms with Crippen LogP contribution in [0.3, 0.4) is 0 Å². The molecule has 0 fully saturated rings. The summed E-state index contributed by atoms with van der Waals surface area (Å²) in [5.41, 5.74) is 1.34. The predicted octanol–water partition coefficient (Wildman–Crippen LogP) is 1.67. The van der Waals surface area contributed by atoms with Crippen molar-refractivity contribution < 1.29 is 9.90 Å². The van der Waals surface area contributed by atoms with Crippen molar-refractivity contribution in [2.75, 3.05) is 0 Å². The molecule has 0 aromatic carbocycles. The van der Waals surface area contributed by atoms with E-state index in [4.69, 9.17) is 16.7 Å². The van der Waals surface area contributed by atoms with E-state index in [1.807, 2.05) is 6.92 Å². The smallest absolute Gasteiger partial charge is 0.309 e. The van der Waals surface area contributed by atoms with E-state index in [0.29, 0.717) is 10.7 Å². The lowest BCUT2D eigenvalue weighted by molar-refractivity contribution is -0.136. The van der Waals surface area contributed by atoms with Gasteiger partial charge in [-0.25, -0.2) is 0 Å². The van der Waals surface area contributed by atoms with Crippen molar-refractivity contribution in [3.8, 4) is 0 Å². The molecule has 0 spiro atoms. The van der Waals surface area contributed by atoms with Crippen LogP contribution in [0.4, 0.5) is 0 Å². The van der Waals surface area contributed by atoms with Gasteiger partial charge < -0.3 is 5.11 Å². The Hall–Kier alpha value is -1.09. The minimum absolute atomic E-state index is 0.126. The largest absolute Gasteiger partial charge is 0.481 e. The summed E-state index contributed by atoms with van der Waals surface area (Å²) in [5, 5.41) is 8.88. The second-order valence-electron chi connectivity index (χ2n) is 2.51. The summed E-state index contributed by atoms with van der Waals surface area (Å²) in [4.78, 5) is 14.2. The molecule has 0 aliphatic carbocycles. The SMILES string of the molecule is Cc1cnc(CC(=O)O)c(Cl)c1. The molecular formula is C8H8ClNO2. The van der Waals surface area contributed by atoms with Crippen LogP contribution in [0.1, 0.15) is 11.3 Å². The first-order valence-electron chi connectivity index (χ1n) is 3.42. The van der Waals surface area contributed by atoms with Gasteiger partial charge in [0.25, 0.3) is 0 Å². The Kier molecular flexibility index (Phi) is 2.65. The number of hydrogen-bond donors (Lipinski definition) is 1. The standard InChI is InChI=1S/C8H8ClNO2/c1-5-2-6(9)7(10-4-5)3-8(11)12/h2,4H,3H2,1H3,(H,11,12). The summed E-state index contributed by atoms with van der Waals surface area (Å²) < 4.78 is 0. The first-order chi connectivity index (χ1) is 5.59. The van der Waals surface area contributed by atoms with Crippen LogP contribution >= 0.6 is 11.6 Å². The summed E-state index contributed by atoms with van der Waals surface area (Å²) in [6, 6.07) is 1.70. The van der Waals surface area contributed by atoms with E-state index in [2.05, 4.69) is 4.98 Å². The maximum atomic E-state index is 10.3. The molecule has 1 heterocycles. The number of carboxylic acid groups (broad SMARTS) is 1. The average Bonchev–Trinajstić information content (AvgIpc) is 1.94. The van der Waals surface area contributed by atoms with Crippen LogP contribution in [0, 0.1) is 6.92 Å². The normalized spacial score (nSPS) is 9.83. The lowest BCUT2D eigenvalue weighted by Crippen LogP contribution is -2.02. The number of aliphatic carboxylic acids is 1. The Morgan fingerprint density at radius 3 is 2.92 bits per heavy atom. The van der Waals surface area contributed by atoms with Gasteiger partial charge in [0.1, 0.15) is 0 Å². The van der Waals surface area contributed by atoms with Gasteiger partial charge in [-0.05, 0) is 18.6 Å². The number of pyridine rings is 1. The zero-order chi connectivity index (χ0) is 9.14. The van der Waals surface area contributed by atoms with Crippen LogP contribution < -0.4 is 0 Å². The van der Waals surface area contributed by atoms with E-state index in [9.17, 15) is 4.79 Å². The van der Waals surface area contributed by atoms with Gasteiger partial charge in [0.05, 0.1) is 17.1 Å². The van der Waals surface area contributed by atoms with E-state index in [1.54, 1.807) is 12.3 Å². The van der Waals surface area contributed by atoms with E-state index in [1.165, 1.54) is 0 Å². The third kappa shape index (κ3) is 2.20. The molecule has 12 heavy (non-hydrogen) atoms. The van der Waals surface area contributed by atoms with Crippen molar-refractivity contribution in [3.63, 3.8) is 0 Å². The topological polar surface area (TPSA) is 50.2 Å². The number of aryl methyl sites for hydroxylation is 1. The molecule has 0 radical (unpaired) electrons.